The average molecular weight is 298 g/mol. The van der Waals surface area contributed by atoms with Crippen LogP contribution in [0.1, 0.15) is 25.6 Å². The van der Waals surface area contributed by atoms with E-state index in [0.717, 1.165) is 9.92 Å². The molecule has 0 saturated heterocycles. The molecule has 0 aliphatic rings. The van der Waals surface area contributed by atoms with Crippen LogP contribution in [0.3, 0.4) is 0 Å². The average Bonchev–Trinajstić information content (AvgIpc) is 2.88. The normalized spacial score (nSPS) is 11.8. The molecule has 0 aliphatic carbocycles. The summed E-state index contributed by atoms with van der Waals surface area (Å²) in [7, 11) is 1.87. The summed E-state index contributed by atoms with van der Waals surface area (Å²) >= 11 is 7.49. The molecule has 0 radical (unpaired) electrons. The lowest BCUT2D eigenvalue weighted by molar-refractivity contribution is 0.280. The number of hydrogen-bond donors (Lipinski definition) is 1. The Kier molecular flexibility index (Phi) is 4.50. The third kappa shape index (κ3) is 3.72. The van der Waals surface area contributed by atoms with Gasteiger partial charge in [-0.2, -0.15) is 4.98 Å². The molecule has 2 aromatic rings. The molecule has 0 saturated carbocycles. The van der Waals surface area contributed by atoms with Crippen LogP contribution in [0.25, 0.3) is 0 Å². The van der Waals surface area contributed by atoms with E-state index in [2.05, 4.69) is 15.5 Å². The minimum Gasteiger partial charge on any atom is -0.337 e. The summed E-state index contributed by atoms with van der Waals surface area (Å²) in [5.74, 6) is 1.96. The van der Waals surface area contributed by atoms with Gasteiger partial charge in [0.2, 0.25) is 5.89 Å². The van der Waals surface area contributed by atoms with E-state index in [4.69, 9.17) is 16.1 Å². The first-order chi connectivity index (χ1) is 9.01. The summed E-state index contributed by atoms with van der Waals surface area (Å²) in [5, 5.41) is 7.86. The molecule has 0 atom stereocenters. The molecule has 0 amide bonds. The van der Waals surface area contributed by atoms with Crippen LogP contribution in [0.5, 0.6) is 0 Å². The quantitative estimate of drug-likeness (QED) is 0.856. The van der Waals surface area contributed by atoms with Crippen molar-refractivity contribution in [2.75, 3.05) is 7.05 Å². The summed E-state index contributed by atoms with van der Waals surface area (Å²) in [6.07, 6.45) is 0. The number of nitrogens with zero attached hydrogens (tertiary/aromatic N) is 2. The summed E-state index contributed by atoms with van der Waals surface area (Å²) < 4.78 is 5.27. The van der Waals surface area contributed by atoms with Crippen LogP contribution in [0.15, 0.2) is 33.7 Å². The van der Waals surface area contributed by atoms with Crippen LogP contribution < -0.4 is 5.32 Å². The van der Waals surface area contributed by atoms with Crippen molar-refractivity contribution in [3.05, 3.63) is 41.0 Å². The fraction of sp³-hybridized carbons (Fsp3) is 0.385. The van der Waals surface area contributed by atoms with Gasteiger partial charge in [-0.15, -0.1) is 11.8 Å². The minimum absolute atomic E-state index is 0.309. The lowest BCUT2D eigenvalue weighted by Crippen LogP contribution is -2.33. The van der Waals surface area contributed by atoms with Gasteiger partial charge in [-0.1, -0.05) is 16.8 Å². The molecule has 1 aromatic heterocycles. The highest BCUT2D eigenvalue weighted by atomic mass is 35.5. The SMILES string of the molecule is CNC(C)(C)c1nc(CSc2ccc(Cl)cc2)no1. The fourth-order valence-corrected chi connectivity index (χ4v) is 2.22. The predicted octanol–water partition coefficient (Wildman–Crippen LogP) is 3.47. The van der Waals surface area contributed by atoms with Crippen LogP contribution in [0.2, 0.25) is 5.02 Å². The zero-order valence-corrected chi connectivity index (χ0v) is 12.7. The highest BCUT2D eigenvalue weighted by Crippen LogP contribution is 2.24. The van der Waals surface area contributed by atoms with Gasteiger partial charge in [0.05, 0.1) is 11.3 Å². The van der Waals surface area contributed by atoms with Crippen LogP contribution in [0, 0.1) is 0 Å². The van der Waals surface area contributed by atoms with Crippen molar-refractivity contribution in [3.8, 4) is 0 Å². The standard InChI is InChI=1S/C13H16ClN3OS/c1-13(2,15-3)12-16-11(17-18-12)8-19-10-6-4-9(14)5-7-10/h4-7,15H,8H2,1-3H3. The molecule has 6 heteroatoms. The highest BCUT2D eigenvalue weighted by Gasteiger charge is 2.25. The molecule has 0 bridgehead atoms. The molecule has 0 spiro atoms. The Morgan fingerprint density at radius 1 is 1.32 bits per heavy atom. The zero-order valence-electron chi connectivity index (χ0n) is 11.1. The molecule has 0 fully saturated rings. The van der Waals surface area contributed by atoms with Crippen molar-refractivity contribution in [1.29, 1.82) is 0 Å². The monoisotopic (exact) mass is 297 g/mol. The molecule has 102 valence electrons. The molecule has 1 N–H and O–H groups in total. The molecular formula is C13H16ClN3OS. The molecule has 4 nitrogen and oxygen atoms in total. The third-order valence-corrected chi connectivity index (χ3v) is 4.07. The first kappa shape index (κ1) is 14.4. The second-order valence-corrected chi connectivity index (χ2v) is 6.12. The van der Waals surface area contributed by atoms with Crippen LogP contribution >= 0.6 is 23.4 Å². The van der Waals surface area contributed by atoms with Crippen molar-refractivity contribution in [2.45, 2.75) is 30.0 Å². The van der Waals surface area contributed by atoms with Gasteiger partial charge >= 0.3 is 0 Å². The van der Waals surface area contributed by atoms with Gasteiger partial charge in [0.25, 0.3) is 0 Å². The second-order valence-electron chi connectivity index (χ2n) is 4.63. The Balaban J connectivity index is 1.99. The summed E-state index contributed by atoms with van der Waals surface area (Å²) in [5.41, 5.74) is -0.309. The van der Waals surface area contributed by atoms with Gasteiger partial charge < -0.3 is 9.84 Å². The van der Waals surface area contributed by atoms with E-state index in [9.17, 15) is 0 Å². The molecular weight excluding hydrogens is 282 g/mol. The van der Waals surface area contributed by atoms with Crippen LogP contribution in [0.4, 0.5) is 0 Å². The Bertz CT molecular complexity index is 539. The van der Waals surface area contributed by atoms with Gasteiger partial charge in [0.15, 0.2) is 5.82 Å². The molecule has 0 aliphatic heterocycles. The fourth-order valence-electron chi connectivity index (χ4n) is 1.35. The van der Waals surface area contributed by atoms with E-state index in [1.807, 2.05) is 45.2 Å². The van der Waals surface area contributed by atoms with Crippen molar-refractivity contribution in [3.63, 3.8) is 0 Å². The van der Waals surface area contributed by atoms with Gasteiger partial charge in [0, 0.05) is 9.92 Å². The summed E-state index contributed by atoms with van der Waals surface area (Å²) in [6.45, 7) is 3.99. The number of rotatable bonds is 5. The van der Waals surface area contributed by atoms with Gasteiger partial charge in [-0.05, 0) is 45.2 Å². The van der Waals surface area contributed by atoms with Crippen LogP contribution in [-0.4, -0.2) is 17.2 Å². The highest BCUT2D eigenvalue weighted by molar-refractivity contribution is 7.98. The minimum atomic E-state index is -0.309. The van der Waals surface area contributed by atoms with E-state index >= 15 is 0 Å². The maximum atomic E-state index is 5.84. The predicted molar refractivity (Wildman–Crippen MR) is 77.4 cm³/mol. The number of nitrogens with one attached hydrogen (secondary N) is 1. The van der Waals surface area contributed by atoms with Gasteiger partial charge in [-0.25, -0.2) is 0 Å². The van der Waals surface area contributed by atoms with Crippen LogP contribution in [-0.2, 0) is 11.3 Å². The van der Waals surface area contributed by atoms with E-state index < -0.39 is 0 Å². The van der Waals surface area contributed by atoms with Gasteiger partial charge in [-0.3, -0.25) is 0 Å². The Morgan fingerprint density at radius 2 is 2.00 bits per heavy atom. The molecule has 2 rings (SSSR count). The maximum Gasteiger partial charge on any atom is 0.246 e. The Labute approximate surface area is 121 Å². The van der Waals surface area contributed by atoms with E-state index in [0.29, 0.717) is 17.5 Å². The van der Waals surface area contributed by atoms with Crippen molar-refractivity contribution >= 4 is 23.4 Å². The summed E-state index contributed by atoms with van der Waals surface area (Å²) in [4.78, 5) is 5.53. The van der Waals surface area contributed by atoms with Crippen molar-refractivity contribution in [2.24, 2.45) is 0 Å². The van der Waals surface area contributed by atoms with Gasteiger partial charge in [0.1, 0.15) is 0 Å². The number of aromatic nitrogens is 2. The van der Waals surface area contributed by atoms with E-state index in [1.54, 1.807) is 11.8 Å². The molecule has 19 heavy (non-hydrogen) atoms. The summed E-state index contributed by atoms with van der Waals surface area (Å²) in [6, 6.07) is 7.70. The first-order valence-corrected chi connectivity index (χ1v) is 7.28. The van der Waals surface area contributed by atoms with E-state index in [1.165, 1.54) is 0 Å². The van der Waals surface area contributed by atoms with Crippen molar-refractivity contribution < 1.29 is 4.52 Å². The zero-order chi connectivity index (χ0) is 13.9. The third-order valence-electron chi connectivity index (χ3n) is 2.81. The number of hydrogen-bond acceptors (Lipinski definition) is 5. The van der Waals surface area contributed by atoms with Crippen molar-refractivity contribution in [1.82, 2.24) is 15.5 Å². The molecule has 1 heterocycles. The number of benzene rings is 1. The maximum absolute atomic E-state index is 5.84. The number of halogens is 1. The Hall–Kier alpha value is -1.04. The smallest absolute Gasteiger partial charge is 0.246 e. The largest absolute Gasteiger partial charge is 0.337 e. The van der Waals surface area contributed by atoms with E-state index in [-0.39, 0.29) is 5.54 Å². The first-order valence-electron chi connectivity index (χ1n) is 5.91. The molecule has 1 aromatic carbocycles. The Morgan fingerprint density at radius 3 is 2.63 bits per heavy atom. The lowest BCUT2D eigenvalue weighted by Gasteiger charge is -2.17. The topological polar surface area (TPSA) is 51.0 Å². The second kappa shape index (κ2) is 5.94. The number of thioether (sulfide) groups is 1. The lowest BCUT2D eigenvalue weighted by atomic mass is 10.1. The molecule has 0 unspecified atom stereocenters.